The molecule has 0 saturated carbocycles. The fourth-order valence-corrected chi connectivity index (χ4v) is 3.89. The van der Waals surface area contributed by atoms with Crippen molar-refractivity contribution < 1.29 is 19.1 Å². The van der Waals surface area contributed by atoms with E-state index in [0.29, 0.717) is 45.6 Å². The molecule has 0 aliphatic carbocycles. The van der Waals surface area contributed by atoms with Gasteiger partial charge in [-0.15, -0.1) is 0 Å². The zero-order chi connectivity index (χ0) is 20.1. The normalized spacial score (nSPS) is 19.9. The van der Waals surface area contributed by atoms with Crippen LogP contribution in [0.25, 0.3) is 0 Å². The highest BCUT2D eigenvalue weighted by Gasteiger charge is 2.37. The van der Waals surface area contributed by atoms with Gasteiger partial charge in [0.2, 0.25) is 17.7 Å². The van der Waals surface area contributed by atoms with Gasteiger partial charge >= 0.3 is 0 Å². The second kappa shape index (κ2) is 9.08. The topological polar surface area (TPSA) is 70.2 Å². The number of carbonyl (C=O) groups is 3. The van der Waals surface area contributed by atoms with Crippen molar-refractivity contribution in [3.8, 4) is 5.75 Å². The predicted octanol–water partition coefficient (Wildman–Crippen LogP) is 1.17. The highest BCUT2D eigenvalue weighted by Crippen LogP contribution is 2.21. The Morgan fingerprint density at radius 2 is 1.71 bits per heavy atom. The quantitative estimate of drug-likeness (QED) is 0.735. The molecule has 2 fully saturated rings. The van der Waals surface area contributed by atoms with E-state index in [1.54, 1.807) is 12.0 Å². The van der Waals surface area contributed by atoms with E-state index in [-0.39, 0.29) is 23.6 Å². The number of piperazine rings is 1. The van der Waals surface area contributed by atoms with E-state index in [2.05, 4.69) is 0 Å². The summed E-state index contributed by atoms with van der Waals surface area (Å²) in [5.41, 5.74) is 0.949. The first-order chi connectivity index (χ1) is 13.5. The maximum Gasteiger partial charge on any atom is 0.228 e. The first-order valence-electron chi connectivity index (χ1n) is 9.99. The predicted molar refractivity (Wildman–Crippen MR) is 105 cm³/mol. The summed E-state index contributed by atoms with van der Waals surface area (Å²) in [6.07, 6.45) is 1.57. The molecule has 1 unspecified atom stereocenters. The summed E-state index contributed by atoms with van der Waals surface area (Å²) in [7, 11) is 1.61. The van der Waals surface area contributed by atoms with Crippen LogP contribution in [0.4, 0.5) is 0 Å². The number of likely N-dealkylation sites (tertiary alicyclic amines) is 1. The molecule has 0 radical (unpaired) electrons. The van der Waals surface area contributed by atoms with Gasteiger partial charge in [-0.3, -0.25) is 14.4 Å². The van der Waals surface area contributed by atoms with Crippen LogP contribution in [0, 0.1) is 5.92 Å². The van der Waals surface area contributed by atoms with Gasteiger partial charge in [-0.1, -0.05) is 19.1 Å². The standard InChI is InChI=1S/C21H29N3O4/c1-3-8-24-15-17(14-20(24)26)21(27)23-11-9-22(10-12-23)19(25)13-16-4-6-18(28-2)7-5-16/h4-7,17H,3,8-15H2,1-2H3. The third-order valence-corrected chi connectivity index (χ3v) is 5.52. The van der Waals surface area contributed by atoms with Gasteiger partial charge in [-0.25, -0.2) is 0 Å². The molecule has 152 valence electrons. The number of hydrogen-bond donors (Lipinski definition) is 0. The van der Waals surface area contributed by atoms with Crippen LogP contribution in [-0.4, -0.2) is 78.8 Å². The third-order valence-electron chi connectivity index (χ3n) is 5.52. The fraction of sp³-hybridized carbons (Fsp3) is 0.571. The summed E-state index contributed by atoms with van der Waals surface area (Å²) >= 11 is 0. The van der Waals surface area contributed by atoms with Crippen LogP contribution in [0.2, 0.25) is 0 Å². The molecule has 2 aliphatic rings. The molecular formula is C21H29N3O4. The summed E-state index contributed by atoms with van der Waals surface area (Å²) in [6.45, 7) is 5.43. The molecule has 1 aromatic rings. The van der Waals surface area contributed by atoms with E-state index in [0.717, 1.165) is 24.3 Å². The van der Waals surface area contributed by atoms with E-state index in [4.69, 9.17) is 4.74 Å². The average molecular weight is 387 g/mol. The number of benzene rings is 1. The summed E-state index contributed by atoms with van der Waals surface area (Å²) in [6, 6.07) is 7.50. The van der Waals surface area contributed by atoms with E-state index >= 15 is 0 Å². The molecule has 28 heavy (non-hydrogen) atoms. The monoisotopic (exact) mass is 387 g/mol. The van der Waals surface area contributed by atoms with Gasteiger partial charge in [-0.05, 0) is 24.1 Å². The zero-order valence-electron chi connectivity index (χ0n) is 16.7. The van der Waals surface area contributed by atoms with Crippen molar-refractivity contribution in [3.63, 3.8) is 0 Å². The van der Waals surface area contributed by atoms with E-state index in [9.17, 15) is 14.4 Å². The van der Waals surface area contributed by atoms with Gasteiger partial charge in [0.1, 0.15) is 5.75 Å². The maximum absolute atomic E-state index is 12.8. The minimum Gasteiger partial charge on any atom is -0.497 e. The number of amides is 3. The van der Waals surface area contributed by atoms with Crippen LogP contribution in [0.15, 0.2) is 24.3 Å². The molecule has 2 saturated heterocycles. The highest BCUT2D eigenvalue weighted by molar-refractivity contribution is 5.89. The van der Waals surface area contributed by atoms with Crippen LogP contribution in [0.5, 0.6) is 5.75 Å². The van der Waals surface area contributed by atoms with Crippen LogP contribution < -0.4 is 4.74 Å². The highest BCUT2D eigenvalue weighted by atomic mass is 16.5. The lowest BCUT2D eigenvalue weighted by Crippen LogP contribution is -2.52. The van der Waals surface area contributed by atoms with Gasteiger partial charge in [-0.2, -0.15) is 0 Å². The molecule has 0 N–H and O–H groups in total. The van der Waals surface area contributed by atoms with Crippen molar-refractivity contribution in [3.05, 3.63) is 29.8 Å². The molecule has 2 aliphatic heterocycles. The molecule has 0 aromatic heterocycles. The van der Waals surface area contributed by atoms with Crippen LogP contribution in [-0.2, 0) is 20.8 Å². The SMILES string of the molecule is CCCN1CC(C(=O)N2CCN(C(=O)Cc3ccc(OC)cc3)CC2)CC1=O. The van der Waals surface area contributed by atoms with Crippen molar-refractivity contribution in [1.29, 1.82) is 0 Å². The number of methoxy groups -OCH3 is 1. The van der Waals surface area contributed by atoms with E-state index < -0.39 is 0 Å². The molecule has 1 aromatic carbocycles. The largest absolute Gasteiger partial charge is 0.497 e. The lowest BCUT2D eigenvalue weighted by Gasteiger charge is -2.36. The Labute approximate surface area is 166 Å². The first kappa shape index (κ1) is 20.2. The summed E-state index contributed by atoms with van der Waals surface area (Å²) in [5.74, 6) is 0.733. The van der Waals surface area contributed by atoms with Crippen molar-refractivity contribution in [2.75, 3.05) is 46.4 Å². The molecule has 3 amide bonds. The Bertz CT molecular complexity index is 711. The maximum atomic E-state index is 12.8. The Kier molecular flexibility index (Phi) is 6.54. The van der Waals surface area contributed by atoms with Gasteiger partial charge in [0.05, 0.1) is 19.4 Å². The van der Waals surface area contributed by atoms with Crippen LogP contribution in [0.3, 0.4) is 0 Å². The first-order valence-corrected chi connectivity index (χ1v) is 9.99. The van der Waals surface area contributed by atoms with E-state index in [1.165, 1.54) is 0 Å². The number of nitrogens with zero attached hydrogens (tertiary/aromatic N) is 3. The Balaban J connectivity index is 1.47. The molecule has 0 bridgehead atoms. The molecular weight excluding hydrogens is 358 g/mol. The average Bonchev–Trinajstić information content (AvgIpc) is 3.09. The smallest absolute Gasteiger partial charge is 0.228 e. The second-order valence-corrected chi connectivity index (χ2v) is 7.47. The van der Waals surface area contributed by atoms with Crippen molar-refractivity contribution in [2.24, 2.45) is 5.92 Å². The molecule has 2 heterocycles. The van der Waals surface area contributed by atoms with Crippen molar-refractivity contribution in [2.45, 2.75) is 26.2 Å². The van der Waals surface area contributed by atoms with Gasteiger partial charge in [0, 0.05) is 45.7 Å². The molecule has 0 spiro atoms. The Morgan fingerprint density at radius 3 is 2.32 bits per heavy atom. The van der Waals surface area contributed by atoms with Gasteiger partial charge < -0.3 is 19.4 Å². The number of ether oxygens (including phenoxy) is 1. The van der Waals surface area contributed by atoms with Crippen LogP contribution >= 0.6 is 0 Å². The lowest BCUT2D eigenvalue weighted by atomic mass is 10.1. The number of rotatable bonds is 6. The minimum absolute atomic E-state index is 0.0502. The molecule has 1 atom stereocenters. The van der Waals surface area contributed by atoms with Crippen molar-refractivity contribution >= 4 is 17.7 Å². The molecule has 3 rings (SSSR count). The summed E-state index contributed by atoms with van der Waals surface area (Å²) in [4.78, 5) is 42.7. The summed E-state index contributed by atoms with van der Waals surface area (Å²) < 4.78 is 5.14. The van der Waals surface area contributed by atoms with Gasteiger partial charge in [0.15, 0.2) is 0 Å². The second-order valence-electron chi connectivity index (χ2n) is 7.47. The minimum atomic E-state index is -0.236. The lowest BCUT2D eigenvalue weighted by molar-refractivity contribution is -0.141. The van der Waals surface area contributed by atoms with Crippen molar-refractivity contribution in [1.82, 2.24) is 14.7 Å². The van der Waals surface area contributed by atoms with Gasteiger partial charge in [0.25, 0.3) is 0 Å². The summed E-state index contributed by atoms with van der Waals surface area (Å²) in [5, 5.41) is 0. The molecule has 7 nitrogen and oxygen atoms in total. The third kappa shape index (κ3) is 4.64. The Morgan fingerprint density at radius 1 is 1.07 bits per heavy atom. The number of carbonyl (C=O) groups excluding carboxylic acids is 3. The molecule has 7 heteroatoms. The van der Waals surface area contributed by atoms with E-state index in [1.807, 2.05) is 41.0 Å². The Hall–Kier alpha value is -2.57. The zero-order valence-corrected chi connectivity index (χ0v) is 16.7. The number of hydrogen-bond acceptors (Lipinski definition) is 4. The van der Waals surface area contributed by atoms with Crippen LogP contribution in [0.1, 0.15) is 25.3 Å². The fourth-order valence-electron chi connectivity index (χ4n) is 3.89.